The molecule has 0 radical (unpaired) electrons. The summed E-state index contributed by atoms with van der Waals surface area (Å²) in [6.45, 7) is 1.66. The van der Waals surface area contributed by atoms with Crippen LogP contribution in [-0.4, -0.2) is 54.6 Å². The van der Waals surface area contributed by atoms with Crippen molar-refractivity contribution in [2.75, 3.05) is 34.3 Å². The molecule has 3 aromatic rings. The fourth-order valence-electron chi connectivity index (χ4n) is 3.33. The molecule has 0 unspecified atom stereocenters. The molecule has 0 saturated heterocycles. The Kier molecular flexibility index (Phi) is 8.00. The first-order chi connectivity index (χ1) is 15.5. The van der Waals surface area contributed by atoms with Crippen molar-refractivity contribution in [1.29, 1.82) is 0 Å². The molecule has 166 valence electrons. The fourth-order valence-corrected chi connectivity index (χ4v) is 3.33. The summed E-state index contributed by atoms with van der Waals surface area (Å²) in [5.74, 6) is 0.402. The van der Waals surface area contributed by atoms with E-state index < -0.39 is 0 Å². The molecule has 0 aliphatic rings. The number of likely N-dealkylation sites (N-methyl/N-ethyl adjacent to an activating group) is 1. The van der Waals surface area contributed by atoms with Crippen LogP contribution in [0.1, 0.15) is 11.1 Å². The molecule has 0 N–H and O–H groups in total. The van der Waals surface area contributed by atoms with E-state index in [1.807, 2.05) is 73.6 Å². The van der Waals surface area contributed by atoms with E-state index in [1.54, 1.807) is 36.4 Å². The van der Waals surface area contributed by atoms with Crippen molar-refractivity contribution in [3.05, 3.63) is 100 Å². The third kappa shape index (κ3) is 5.95. The summed E-state index contributed by atoms with van der Waals surface area (Å²) in [7, 11) is 5.53. The molecule has 1 heterocycles. The highest BCUT2D eigenvalue weighted by molar-refractivity contribution is 6.18. The topological polar surface area (TPSA) is 54.8 Å². The van der Waals surface area contributed by atoms with Gasteiger partial charge in [0.05, 0.1) is 7.11 Å². The molecule has 0 atom stereocenters. The molecule has 0 saturated carbocycles. The smallest absolute Gasteiger partial charge is 0.271 e. The second-order valence-corrected chi connectivity index (χ2v) is 7.70. The molecule has 1 aromatic heterocycles. The Bertz CT molecular complexity index is 1120. The SMILES string of the molecule is COc1ccccc1C=C(C(=O)N(CCN(C)C)Cc1ccccc1)n1ccccc1=O. The molecule has 0 spiro atoms. The molecule has 0 bridgehead atoms. The summed E-state index contributed by atoms with van der Waals surface area (Å²) in [6, 6.07) is 22.1. The standard InChI is InChI=1S/C26H29N3O3/c1-27(2)17-18-28(20-21-11-5-4-6-12-21)26(31)23(29-16-10-9-15-25(29)30)19-22-13-7-8-14-24(22)32-3/h4-16,19H,17-18,20H2,1-3H3. The zero-order valence-electron chi connectivity index (χ0n) is 18.8. The summed E-state index contributed by atoms with van der Waals surface area (Å²) in [5, 5.41) is 0. The van der Waals surface area contributed by atoms with Crippen LogP contribution in [0.5, 0.6) is 5.75 Å². The molecule has 0 aliphatic carbocycles. The van der Waals surface area contributed by atoms with Crippen molar-refractivity contribution < 1.29 is 9.53 Å². The highest BCUT2D eigenvalue weighted by Gasteiger charge is 2.21. The Hall–Kier alpha value is -3.64. The van der Waals surface area contributed by atoms with Crippen LogP contribution in [0.25, 0.3) is 11.8 Å². The van der Waals surface area contributed by atoms with Gasteiger partial charge in [0.25, 0.3) is 11.5 Å². The second kappa shape index (κ2) is 11.1. The fraction of sp³-hybridized carbons (Fsp3) is 0.231. The molecule has 1 amide bonds. The van der Waals surface area contributed by atoms with Crippen LogP contribution in [0, 0.1) is 0 Å². The molecule has 0 fully saturated rings. The number of rotatable bonds is 9. The Morgan fingerprint density at radius 1 is 0.938 bits per heavy atom. The van der Waals surface area contributed by atoms with Gasteiger partial charge in [-0.2, -0.15) is 0 Å². The quantitative estimate of drug-likeness (QED) is 0.487. The Morgan fingerprint density at radius 3 is 2.31 bits per heavy atom. The number of para-hydroxylation sites is 1. The average Bonchev–Trinajstić information content (AvgIpc) is 2.81. The number of aromatic nitrogens is 1. The van der Waals surface area contributed by atoms with Crippen LogP contribution >= 0.6 is 0 Å². The van der Waals surface area contributed by atoms with Gasteiger partial charge in [-0.15, -0.1) is 0 Å². The number of benzene rings is 2. The van der Waals surface area contributed by atoms with E-state index in [-0.39, 0.29) is 17.2 Å². The molecular weight excluding hydrogens is 402 g/mol. The number of ether oxygens (including phenoxy) is 1. The zero-order valence-corrected chi connectivity index (χ0v) is 18.8. The Labute approximate surface area is 189 Å². The first kappa shape index (κ1) is 23.0. The predicted molar refractivity (Wildman–Crippen MR) is 128 cm³/mol. The number of amides is 1. The first-order valence-electron chi connectivity index (χ1n) is 10.5. The maximum atomic E-state index is 13.9. The van der Waals surface area contributed by atoms with Gasteiger partial charge in [-0.25, -0.2) is 0 Å². The third-order valence-corrected chi connectivity index (χ3v) is 5.05. The number of hydrogen-bond acceptors (Lipinski definition) is 4. The summed E-state index contributed by atoms with van der Waals surface area (Å²) in [4.78, 5) is 30.3. The third-order valence-electron chi connectivity index (χ3n) is 5.05. The molecule has 3 rings (SSSR count). The minimum Gasteiger partial charge on any atom is -0.496 e. The number of carbonyl (C=O) groups is 1. The van der Waals surface area contributed by atoms with Crippen LogP contribution in [0.4, 0.5) is 0 Å². The van der Waals surface area contributed by atoms with Gasteiger partial charge in [0, 0.05) is 37.5 Å². The second-order valence-electron chi connectivity index (χ2n) is 7.70. The van der Waals surface area contributed by atoms with Gasteiger partial charge in [0.15, 0.2) is 0 Å². The summed E-state index contributed by atoms with van der Waals surface area (Å²) >= 11 is 0. The van der Waals surface area contributed by atoms with Crippen molar-refractivity contribution in [3.8, 4) is 5.75 Å². The van der Waals surface area contributed by atoms with E-state index in [9.17, 15) is 9.59 Å². The molecule has 6 nitrogen and oxygen atoms in total. The van der Waals surface area contributed by atoms with Gasteiger partial charge in [0.1, 0.15) is 11.4 Å². The van der Waals surface area contributed by atoms with E-state index in [0.717, 1.165) is 11.1 Å². The summed E-state index contributed by atoms with van der Waals surface area (Å²) in [6.07, 6.45) is 3.34. The van der Waals surface area contributed by atoms with Crippen molar-refractivity contribution in [2.24, 2.45) is 0 Å². The van der Waals surface area contributed by atoms with Gasteiger partial charge in [-0.3, -0.25) is 14.2 Å². The van der Waals surface area contributed by atoms with E-state index in [4.69, 9.17) is 4.74 Å². The highest BCUT2D eigenvalue weighted by Crippen LogP contribution is 2.23. The normalized spacial score (nSPS) is 11.4. The van der Waals surface area contributed by atoms with E-state index in [1.165, 1.54) is 10.6 Å². The monoisotopic (exact) mass is 431 g/mol. The maximum absolute atomic E-state index is 13.9. The lowest BCUT2D eigenvalue weighted by Crippen LogP contribution is -2.39. The number of methoxy groups -OCH3 is 1. The van der Waals surface area contributed by atoms with Crippen LogP contribution in [0.3, 0.4) is 0 Å². The summed E-state index contributed by atoms with van der Waals surface area (Å²) < 4.78 is 6.85. The molecule has 32 heavy (non-hydrogen) atoms. The number of carbonyl (C=O) groups excluding carboxylic acids is 1. The van der Waals surface area contributed by atoms with Crippen LogP contribution < -0.4 is 10.3 Å². The maximum Gasteiger partial charge on any atom is 0.271 e. The van der Waals surface area contributed by atoms with E-state index in [0.29, 0.717) is 25.4 Å². The van der Waals surface area contributed by atoms with Gasteiger partial charge < -0.3 is 14.5 Å². The Morgan fingerprint density at radius 2 is 1.62 bits per heavy atom. The van der Waals surface area contributed by atoms with Crippen molar-refractivity contribution >= 4 is 17.7 Å². The van der Waals surface area contributed by atoms with Crippen molar-refractivity contribution in [1.82, 2.24) is 14.4 Å². The van der Waals surface area contributed by atoms with Gasteiger partial charge in [0.2, 0.25) is 0 Å². The number of hydrogen-bond donors (Lipinski definition) is 0. The minimum atomic E-state index is -0.269. The van der Waals surface area contributed by atoms with Crippen LogP contribution in [-0.2, 0) is 11.3 Å². The minimum absolute atomic E-state index is 0.227. The van der Waals surface area contributed by atoms with Gasteiger partial charge >= 0.3 is 0 Å². The van der Waals surface area contributed by atoms with Crippen LogP contribution in [0.15, 0.2) is 83.8 Å². The average molecular weight is 432 g/mol. The predicted octanol–water partition coefficient (Wildman–Crippen LogP) is 3.45. The molecule has 0 aliphatic heterocycles. The largest absolute Gasteiger partial charge is 0.496 e. The van der Waals surface area contributed by atoms with Gasteiger partial charge in [-0.1, -0.05) is 54.6 Å². The lowest BCUT2D eigenvalue weighted by molar-refractivity contribution is -0.126. The Balaban J connectivity index is 2.08. The van der Waals surface area contributed by atoms with Crippen molar-refractivity contribution in [2.45, 2.75) is 6.54 Å². The lowest BCUT2D eigenvalue weighted by atomic mass is 10.1. The van der Waals surface area contributed by atoms with Crippen LogP contribution in [0.2, 0.25) is 0 Å². The summed E-state index contributed by atoms with van der Waals surface area (Å²) in [5.41, 5.74) is 1.75. The lowest BCUT2D eigenvalue weighted by Gasteiger charge is -2.26. The zero-order chi connectivity index (χ0) is 22.9. The molecular formula is C26H29N3O3. The first-order valence-corrected chi connectivity index (χ1v) is 10.5. The van der Waals surface area contributed by atoms with E-state index >= 15 is 0 Å². The van der Waals surface area contributed by atoms with Crippen molar-refractivity contribution in [3.63, 3.8) is 0 Å². The van der Waals surface area contributed by atoms with Gasteiger partial charge in [-0.05, 0) is 37.9 Å². The number of nitrogens with zero attached hydrogens (tertiary/aromatic N) is 3. The number of pyridine rings is 1. The highest BCUT2D eigenvalue weighted by atomic mass is 16.5. The molecule has 2 aromatic carbocycles. The molecule has 6 heteroatoms. The van der Waals surface area contributed by atoms with E-state index in [2.05, 4.69) is 0 Å².